The first-order valence-corrected chi connectivity index (χ1v) is 9.65. The maximum Gasteiger partial charge on any atom is 0.241 e. The first kappa shape index (κ1) is 16.4. The van der Waals surface area contributed by atoms with Crippen molar-refractivity contribution in [1.82, 2.24) is 9.71 Å². The third-order valence-electron chi connectivity index (χ3n) is 4.71. The van der Waals surface area contributed by atoms with Crippen LogP contribution in [0.5, 0.6) is 0 Å². The van der Waals surface area contributed by atoms with Crippen LogP contribution in [0.4, 0.5) is 0 Å². The SMILES string of the molecule is NCC(NS(=O)(=O)c1cccc2cnccc12)C1CCCCC1. The van der Waals surface area contributed by atoms with Crippen LogP contribution in [-0.2, 0) is 10.0 Å². The summed E-state index contributed by atoms with van der Waals surface area (Å²) in [5.74, 6) is 0.333. The van der Waals surface area contributed by atoms with Crippen molar-refractivity contribution in [2.75, 3.05) is 6.54 Å². The summed E-state index contributed by atoms with van der Waals surface area (Å²) in [6, 6.07) is 6.79. The Morgan fingerprint density at radius 2 is 2.00 bits per heavy atom. The van der Waals surface area contributed by atoms with Crippen molar-refractivity contribution in [3.05, 3.63) is 36.7 Å². The summed E-state index contributed by atoms with van der Waals surface area (Å²) in [5.41, 5.74) is 5.86. The first-order chi connectivity index (χ1) is 11.1. The number of sulfonamides is 1. The minimum absolute atomic E-state index is 0.197. The number of benzene rings is 1. The van der Waals surface area contributed by atoms with E-state index in [9.17, 15) is 8.42 Å². The molecule has 3 N–H and O–H groups in total. The van der Waals surface area contributed by atoms with E-state index in [0.29, 0.717) is 22.7 Å². The maximum absolute atomic E-state index is 12.9. The van der Waals surface area contributed by atoms with Gasteiger partial charge in [-0.15, -0.1) is 0 Å². The topological polar surface area (TPSA) is 85.1 Å². The smallest absolute Gasteiger partial charge is 0.241 e. The molecule has 1 aromatic carbocycles. The second-order valence-electron chi connectivity index (χ2n) is 6.21. The highest BCUT2D eigenvalue weighted by Gasteiger charge is 2.28. The number of nitrogens with two attached hydrogens (primary N) is 1. The van der Waals surface area contributed by atoms with Crippen molar-refractivity contribution in [1.29, 1.82) is 0 Å². The zero-order chi connectivity index (χ0) is 16.3. The molecule has 1 unspecified atom stereocenters. The average molecular weight is 333 g/mol. The third kappa shape index (κ3) is 3.54. The van der Waals surface area contributed by atoms with Crippen LogP contribution in [0.15, 0.2) is 41.6 Å². The second kappa shape index (κ2) is 6.95. The van der Waals surface area contributed by atoms with Gasteiger partial charge in [0.25, 0.3) is 0 Å². The highest BCUT2D eigenvalue weighted by atomic mass is 32.2. The molecule has 0 saturated heterocycles. The summed E-state index contributed by atoms with van der Waals surface area (Å²) in [7, 11) is -3.61. The Bertz CT molecular complexity index is 765. The van der Waals surface area contributed by atoms with Crippen molar-refractivity contribution >= 4 is 20.8 Å². The van der Waals surface area contributed by atoms with Crippen LogP contribution in [0.25, 0.3) is 10.8 Å². The molecule has 1 aliphatic carbocycles. The van der Waals surface area contributed by atoms with Gasteiger partial charge in [-0.05, 0) is 30.9 Å². The van der Waals surface area contributed by atoms with Crippen LogP contribution in [0.3, 0.4) is 0 Å². The average Bonchev–Trinajstić information content (AvgIpc) is 2.60. The fourth-order valence-electron chi connectivity index (χ4n) is 3.46. The van der Waals surface area contributed by atoms with Gasteiger partial charge in [-0.2, -0.15) is 0 Å². The van der Waals surface area contributed by atoms with E-state index in [0.717, 1.165) is 31.1 Å². The third-order valence-corrected chi connectivity index (χ3v) is 6.26. The maximum atomic E-state index is 12.9. The molecule has 23 heavy (non-hydrogen) atoms. The monoisotopic (exact) mass is 333 g/mol. The van der Waals surface area contributed by atoms with Gasteiger partial charge in [0.15, 0.2) is 0 Å². The summed E-state index contributed by atoms with van der Waals surface area (Å²) >= 11 is 0. The Morgan fingerprint density at radius 1 is 1.22 bits per heavy atom. The lowest BCUT2D eigenvalue weighted by molar-refractivity contribution is 0.294. The second-order valence-corrected chi connectivity index (χ2v) is 7.90. The number of rotatable bonds is 5. The Morgan fingerprint density at radius 3 is 2.74 bits per heavy atom. The minimum atomic E-state index is -3.61. The molecule has 124 valence electrons. The lowest BCUT2D eigenvalue weighted by Gasteiger charge is -2.30. The van der Waals surface area contributed by atoms with Gasteiger partial charge in [0.05, 0.1) is 4.90 Å². The van der Waals surface area contributed by atoms with Gasteiger partial charge in [-0.3, -0.25) is 4.98 Å². The van der Waals surface area contributed by atoms with Gasteiger partial charge in [-0.25, -0.2) is 13.1 Å². The normalized spacial score (nSPS) is 18.1. The highest BCUT2D eigenvalue weighted by Crippen LogP contribution is 2.28. The van der Waals surface area contributed by atoms with Crippen molar-refractivity contribution in [2.24, 2.45) is 11.7 Å². The molecule has 1 saturated carbocycles. The Labute approximate surface area is 137 Å². The van der Waals surface area contributed by atoms with Crippen LogP contribution >= 0.6 is 0 Å². The van der Waals surface area contributed by atoms with Crippen molar-refractivity contribution in [2.45, 2.75) is 43.0 Å². The number of pyridine rings is 1. The molecule has 1 aliphatic rings. The number of nitrogens with zero attached hydrogens (tertiary/aromatic N) is 1. The van der Waals surface area contributed by atoms with Crippen LogP contribution in [0.1, 0.15) is 32.1 Å². The van der Waals surface area contributed by atoms with Gasteiger partial charge in [0.1, 0.15) is 0 Å². The van der Waals surface area contributed by atoms with E-state index in [1.54, 1.807) is 30.6 Å². The standard InChI is InChI=1S/C17H23N3O2S/c18-11-16(13-5-2-1-3-6-13)20-23(21,22)17-8-4-7-14-12-19-10-9-15(14)17/h4,7-10,12-13,16,20H,1-3,5-6,11,18H2. The van der Waals surface area contributed by atoms with Crippen molar-refractivity contribution < 1.29 is 8.42 Å². The van der Waals surface area contributed by atoms with E-state index in [1.807, 2.05) is 6.07 Å². The van der Waals surface area contributed by atoms with E-state index in [2.05, 4.69) is 9.71 Å². The summed E-state index contributed by atoms with van der Waals surface area (Å²) in [6.45, 7) is 0.330. The number of aromatic nitrogens is 1. The fraction of sp³-hybridized carbons (Fsp3) is 0.471. The summed E-state index contributed by atoms with van der Waals surface area (Å²) in [5, 5.41) is 1.51. The molecular formula is C17H23N3O2S. The van der Waals surface area contributed by atoms with Crippen LogP contribution in [0.2, 0.25) is 0 Å². The van der Waals surface area contributed by atoms with Gasteiger partial charge >= 0.3 is 0 Å². The minimum Gasteiger partial charge on any atom is -0.329 e. The van der Waals surface area contributed by atoms with E-state index in [-0.39, 0.29) is 6.04 Å². The molecule has 0 amide bonds. The van der Waals surface area contributed by atoms with Crippen LogP contribution < -0.4 is 10.5 Å². The zero-order valence-corrected chi connectivity index (χ0v) is 13.9. The molecule has 0 radical (unpaired) electrons. The van der Waals surface area contributed by atoms with E-state index < -0.39 is 10.0 Å². The Kier molecular flexibility index (Phi) is 4.94. The van der Waals surface area contributed by atoms with Gasteiger partial charge in [0, 0.05) is 35.8 Å². The Balaban J connectivity index is 1.90. The number of hydrogen-bond acceptors (Lipinski definition) is 4. The molecule has 0 aliphatic heterocycles. The molecule has 1 atom stereocenters. The molecule has 5 nitrogen and oxygen atoms in total. The van der Waals surface area contributed by atoms with E-state index in [4.69, 9.17) is 5.73 Å². The molecule has 1 heterocycles. The predicted molar refractivity (Wildman–Crippen MR) is 91.5 cm³/mol. The number of fused-ring (bicyclic) bond motifs is 1. The summed E-state index contributed by atoms with van der Waals surface area (Å²) < 4.78 is 28.6. The zero-order valence-electron chi connectivity index (χ0n) is 13.1. The molecule has 0 spiro atoms. The van der Waals surface area contributed by atoms with Gasteiger partial charge < -0.3 is 5.73 Å². The first-order valence-electron chi connectivity index (χ1n) is 8.17. The molecule has 0 bridgehead atoms. The molecule has 1 aromatic heterocycles. The van der Waals surface area contributed by atoms with Gasteiger partial charge in [0.2, 0.25) is 10.0 Å². The quantitative estimate of drug-likeness (QED) is 0.880. The van der Waals surface area contributed by atoms with Crippen molar-refractivity contribution in [3.8, 4) is 0 Å². The highest BCUT2D eigenvalue weighted by molar-refractivity contribution is 7.89. The van der Waals surface area contributed by atoms with Crippen LogP contribution in [-0.4, -0.2) is 26.0 Å². The van der Waals surface area contributed by atoms with E-state index >= 15 is 0 Å². The predicted octanol–water partition coefficient (Wildman–Crippen LogP) is 2.42. The van der Waals surface area contributed by atoms with E-state index in [1.165, 1.54) is 6.42 Å². The van der Waals surface area contributed by atoms with Crippen molar-refractivity contribution in [3.63, 3.8) is 0 Å². The number of hydrogen-bond donors (Lipinski definition) is 2. The van der Waals surface area contributed by atoms with Crippen LogP contribution in [0, 0.1) is 5.92 Å². The van der Waals surface area contributed by atoms with Gasteiger partial charge in [-0.1, -0.05) is 31.4 Å². The summed E-state index contributed by atoms with van der Waals surface area (Å²) in [4.78, 5) is 4.35. The summed E-state index contributed by atoms with van der Waals surface area (Å²) in [6.07, 6.45) is 8.93. The fourth-order valence-corrected chi connectivity index (χ4v) is 5.01. The lowest BCUT2D eigenvalue weighted by Crippen LogP contribution is -2.45. The largest absolute Gasteiger partial charge is 0.329 e. The number of nitrogens with one attached hydrogen (secondary N) is 1. The Hall–Kier alpha value is -1.50. The molecular weight excluding hydrogens is 310 g/mol. The molecule has 1 fully saturated rings. The lowest BCUT2D eigenvalue weighted by atomic mass is 9.84. The molecule has 2 aromatic rings. The molecule has 3 rings (SSSR count). The molecule has 6 heteroatoms.